The zero-order chi connectivity index (χ0) is 13.9. The van der Waals surface area contributed by atoms with Crippen LogP contribution in [0.3, 0.4) is 0 Å². The van der Waals surface area contributed by atoms with Gasteiger partial charge in [0.15, 0.2) is 0 Å². The largest absolute Gasteiger partial charge is 0.312 e. The number of nitrogens with one attached hydrogen (secondary N) is 1. The van der Waals surface area contributed by atoms with E-state index in [0.717, 1.165) is 18.0 Å². The SMILES string of the molecule is CCCNC1CCC(C)(C)CC1N1CCC(C)CC1. The summed E-state index contributed by atoms with van der Waals surface area (Å²) >= 11 is 0. The van der Waals surface area contributed by atoms with Gasteiger partial charge in [-0.1, -0.05) is 27.7 Å². The molecule has 0 amide bonds. The lowest BCUT2D eigenvalue weighted by Gasteiger charge is -2.48. The van der Waals surface area contributed by atoms with Gasteiger partial charge in [-0.3, -0.25) is 4.90 Å². The molecule has 0 aromatic heterocycles. The molecule has 2 aliphatic rings. The minimum absolute atomic E-state index is 0.540. The van der Waals surface area contributed by atoms with Crippen LogP contribution in [0.2, 0.25) is 0 Å². The number of hydrogen-bond donors (Lipinski definition) is 1. The smallest absolute Gasteiger partial charge is 0.0254 e. The molecule has 1 aliphatic carbocycles. The Morgan fingerprint density at radius 3 is 2.47 bits per heavy atom. The normalized spacial score (nSPS) is 33.5. The Bertz CT molecular complexity index is 262. The lowest BCUT2D eigenvalue weighted by atomic mass is 9.72. The molecule has 1 saturated carbocycles. The average molecular weight is 266 g/mol. The van der Waals surface area contributed by atoms with Crippen molar-refractivity contribution in [1.82, 2.24) is 10.2 Å². The van der Waals surface area contributed by atoms with Gasteiger partial charge in [0, 0.05) is 12.1 Å². The van der Waals surface area contributed by atoms with E-state index in [1.54, 1.807) is 0 Å². The van der Waals surface area contributed by atoms with Crippen LogP contribution >= 0.6 is 0 Å². The van der Waals surface area contributed by atoms with Crippen LogP contribution in [0.4, 0.5) is 0 Å². The maximum atomic E-state index is 3.83. The maximum absolute atomic E-state index is 3.83. The van der Waals surface area contributed by atoms with Crippen LogP contribution < -0.4 is 5.32 Å². The van der Waals surface area contributed by atoms with Crippen molar-refractivity contribution in [3.05, 3.63) is 0 Å². The molecule has 0 aromatic carbocycles. The van der Waals surface area contributed by atoms with Gasteiger partial charge in [0.25, 0.3) is 0 Å². The van der Waals surface area contributed by atoms with Gasteiger partial charge >= 0.3 is 0 Å². The Labute approximate surface area is 120 Å². The van der Waals surface area contributed by atoms with Crippen LogP contribution in [-0.2, 0) is 0 Å². The predicted molar refractivity (Wildman–Crippen MR) is 83.5 cm³/mol. The van der Waals surface area contributed by atoms with Crippen molar-refractivity contribution in [3.63, 3.8) is 0 Å². The number of nitrogens with zero attached hydrogens (tertiary/aromatic N) is 1. The van der Waals surface area contributed by atoms with E-state index >= 15 is 0 Å². The minimum atomic E-state index is 0.540. The molecule has 2 heteroatoms. The standard InChI is InChI=1S/C17H34N2/c1-5-10-18-15-6-9-17(3,4)13-16(15)19-11-7-14(2)8-12-19/h14-16,18H,5-13H2,1-4H3. The second kappa shape index (κ2) is 6.58. The molecule has 2 unspecified atom stereocenters. The third-order valence-corrected chi connectivity index (χ3v) is 5.30. The summed E-state index contributed by atoms with van der Waals surface area (Å²) in [4.78, 5) is 2.80. The second-order valence-electron chi connectivity index (χ2n) is 7.75. The van der Waals surface area contributed by atoms with Gasteiger partial charge in [-0.15, -0.1) is 0 Å². The minimum Gasteiger partial charge on any atom is -0.312 e. The zero-order valence-electron chi connectivity index (χ0n) is 13.5. The third kappa shape index (κ3) is 4.19. The van der Waals surface area contributed by atoms with Crippen molar-refractivity contribution in [3.8, 4) is 0 Å². The summed E-state index contributed by atoms with van der Waals surface area (Å²) in [5, 5.41) is 3.83. The average Bonchev–Trinajstić information content (AvgIpc) is 2.37. The van der Waals surface area contributed by atoms with Crippen LogP contribution in [0.15, 0.2) is 0 Å². The van der Waals surface area contributed by atoms with Crippen molar-refractivity contribution in [2.75, 3.05) is 19.6 Å². The van der Waals surface area contributed by atoms with Gasteiger partial charge in [0.1, 0.15) is 0 Å². The van der Waals surface area contributed by atoms with Crippen molar-refractivity contribution in [2.24, 2.45) is 11.3 Å². The van der Waals surface area contributed by atoms with Crippen molar-refractivity contribution in [1.29, 1.82) is 0 Å². The highest BCUT2D eigenvalue weighted by Gasteiger charge is 2.38. The summed E-state index contributed by atoms with van der Waals surface area (Å²) in [5.74, 6) is 0.940. The van der Waals surface area contributed by atoms with E-state index in [2.05, 4.69) is 37.9 Å². The molecule has 1 N–H and O–H groups in total. The summed E-state index contributed by atoms with van der Waals surface area (Å²) in [6, 6.07) is 1.52. The molecule has 1 saturated heterocycles. The van der Waals surface area contributed by atoms with Gasteiger partial charge in [0.05, 0.1) is 0 Å². The molecule has 0 spiro atoms. The number of hydrogen-bond acceptors (Lipinski definition) is 2. The Balaban J connectivity index is 1.98. The van der Waals surface area contributed by atoms with Crippen LogP contribution in [0, 0.1) is 11.3 Å². The predicted octanol–water partition coefficient (Wildman–Crippen LogP) is 3.67. The van der Waals surface area contributed by atoms with Gasteiger partial charge in [-0.2, -0.15) is 0 Å². The summed E-state index contributed by atoms with van der Waals surface area (Å²) in [6.45, 7) is 13.4. The molecular weight excluding hydrogens is 232 g/mol. The van der Waals surface area contributed by atoms with Crippen LogP contribution in [0.1, 0.15) is 66.2 Å². The third-order valence-electron chi connectivity index (χ3n) is 5.30. The molecule has 1 heterocycles. The second-order valence-corrected chi connectivity index (χ2v) is 7.75. The lowest BCUT2D eigenvalue weighted by molar-refractivity contribution is 0.0434. The van der Waals surface area contributed by atoms with Crippen molar-refractivity contribution in [2.45, 2.75) is 78.3 Å². The molecule has 0 aromatic rings. The van der Waals surface area contributed by atoms with E-state index in [1.807, 2.05) is 0 Å². The maximum Gasteiger partial charge on any atom is 0.0254 e. The van der Waals surface area contributed by atoms with Gasteiger partial charge in [-0.25, -0.2) is 0 Å². The molecule has 2 fully saturated rings. The first-order chi connectivity index (χ1) is 9.02. The van der Waals surface area contributed by atoms with E-state index < -0.39 is 0 Å². The lowest BCUT2D eigenvalue weighted by Crippen LogP contribution is -2.56. The molecule has 2 rings (SSSR count). The summed E-state index contributed by atoms with van der Waals surface area (Å²) in [7, 11) is 0. The van der Waals surface area contributed by atoms with Crippen LogP contribution in [0.25, 0.3) is 0 Å². The molecule has 0 bridgehead atoms. The van der Waals surface area contributed by atoms with E-state index in [9.17, 15) is 0 Å². The quantitative estimate of drug-likeness (QED) is 0.835. The van der Waals surface area contributed by atoms with Crippen LogP contribution in [-0.4, -0.2) is 36.6 Å². The molecule has 2 atom stereocenters. The zero-order valence-corrected chi connectivity index (χ0v) is 13.5. The van der Waals surface area contributed by atoms with Gasteiger partial charge in [0.2, 0.25) is 0 Å². The van der Waals surface area contributed by atoms with Gasteiger partial charge < -0.3 is 5.32 Å². The van der Waals surface area contributed by atoms with Gasteiger partial charge in [-0.05, 0) is 69.5 Å². The first kappa shape index (κ1) is 15.3. The Morgan fingerprint density at radius 1 is 1.16 bits per heavy atom. The Hall–Kier alpha value is -0.0800. The molecule has 19 heavy (non-hydrogen) atoms. The van der Waals surface area contributed by atoms with Crippen molar-refractivity contribution >= 4 is 0 Å². The van der Waals surface area contributed by atoms with E-state index in [-0.39, 0.29) is 0 Å². The first-order valence-electron chi connectivity index (χ1n) is 8.49. The monoisotopic (exact) mass is 266 g/mol. The number of likely N-dealkylation sites (tertiary alicyclic amines) is 1. The Morgan fingerprint density at radius 2 is 1.84 bits per heavy atom. The van der Waals surface area contributed by atoms with E-state index in [1.165, 1.54) is 58.2 Å². The Kier molecular flexibility index (Phi) is 5.30. The van der Waals surface area contributed by atoms with E-state index in [0.29, 0.717) is 5.41 Å². The number of piperidine rings is 1. The summed E-state index contributed by atoms with van der Waals surface area (Å²) in [6.07, 6.45) is 8.18. The topological polar surface area (TPSA) is 15.3 Å². The summed E-state index contributed by atoms with van der Waals surface area (Å²) in [5.41, 5.74) is 0.540. The van der Waals surface area contributed by atoms with Crippen molar-refractivity contribution < 1.29 is 0 Å². The molecular formula is C17H34N2. The fourth-order valence-corrected chi connectivity index (χ4v) is 3.86. The molecule has 2 nitrogen and oxygen atoms in total. The highest BCUT2D eigenvalue weighted by Crippen LogP contribution is 2.38. The fourth-order valence-electron chi connectivity index (χ4n) is 3.86. The highest BCUT2D eigenvalue weighted by molar-refractivity contribution is 4.95. The molecule has 1 aliphatic heterocycles. The first-order valence-corrected chi connectivity index (χ1v) is 8.49. The van der Waals surface area contributed by atoms with E-state index in [4.69, 9.17) is 0 Å². The summed E-state index contributed by atoms with van der Waals surface area (Å²) < 4.78 is 0. The van der Waals surface area contributed by atoms with Crippen LogP contribution in [0.5, 0.6) is 0 Å². The fraction of sp³-hybridized carbons (Fsp3) is 1.00. The molecule has 112 valence electrons. The molecule has 0 radical (unpaired) electrons. The number of rotatable bonds is 4. The highest BCUT2D eigenvalue weighted by atomic mass is 15.2.